The third-order valence-corrected chi connectivity index (χ3v) is 5.80. The van der Waals surface area contributed by atoms with Crippen LogP contribution in [0, 0.1) is 5.82 Å². The predicted molar refractivity (Wildman–Crippen MR) is 124 cm³/mol. The third kappa shape index (κ3) is 7.89. The minimum atomic E-state index is -4.43. The Morgan fingerprint density at radius 2 is 1.74 bits per heavy atom. The van der Waals surface area contributed by atoms with Gasteiger partial charge in [-0.2, -0.15) is 13.2 Å². The van der Waals surface area contributed by atoms with Crippen LogP contribution >= 0.6 is 11.3 Å². The SMILES string of the molecule is CN(C)CCNC(=O)c1csc(CN(Cc2ccc(F)cc2)Cc2cccc(C(F)(F)F)c2)n1. The second-order valence-electron chi connectivity index (χ2n) is 8.16. The zero-order chi connectivity index (χ0) is 24.7. The molecule has 0 unspecified atom stereocenters. The maximum Gasteiger partial charge on any atom is 0.416 e. The molecule has 0 saturated carbocycles. The monoisotopic (exact) mass is 494 g/mol. The maximum atomic E-state index is 13.3. The van der Waals surface area contributed by atoms with Gasteiger partial charge in [-0.15, -0.1) is 11.3 Å². The summed E-state index contributed by atoms with van der Waals surface area (Å²) in [6.07, 6.45) is -4.43. The van der Waals surface area contributed by atoms with Gasteiger partial charge in [-0.1, -0.05) is 30.3 Å². The van der Waals surface area contributed by atoms with Gasteiger partial charge in [0.2, 0.25) is 0 Å². The molecule has 0 aliphatic rings. The van der Waals surface area contributed by atoms with Crippen LogP contribution < -0.4 is 5.32 Å². The topological polar surface area (TPSA) is 48.5 Å². The summed E-state index contributed by atoms with van der Waals surface area (Å²) in [6.45, 7) is 2.12. The molecule has 0 aliphatic carbocycles. The zero-order valence-corrected chi connectivity index (χ0v) is 19.7. The Kier molecular flexibility index (Phi) is 8.76. The molecule has 5 nitrogen and oxygen atoms in total. The van der Waals surface area contributed by atoms with Gasteiger partial charge in [-0.3, -0.25) is 9.69 Å². The largest absolute Gasteiger partial charge is 0.416 e. The molecule has 1 heterocycles. The van der Waals surface area contributed by atoms with E-state index in [9.17, 15) is 22.4 Å². The van der Waals surface area contributed by atoms with Crippen LogP contribution in [0.3, 0.4) is 0 Å². The lowest BCUT2D eigenvalue weighted by Gasteiger charge is -2.22. The van der Waals surface area contributed by atoms with E-state index in [4.69, 9.17) is 0 Å². The van der Waals surface area contributed by atoms with Crippen LogP contribution in [0.1, 0.15) is 32.2 Å². The molecular formula is C24H26F4N4OS. The van der Waals surface area contributed by atoms with Crippen LogP contribution in [0.2, 0.25) is 0 Å². The molecule has 34 heavy (non-hydrogen) atoms. The molecule has 2 aromatic carbocycles. The Bertz CT molecular complexity index is 1080. The number of rotatable bonds is 10. The number of amides is 1. The van der Waals surface area contributed by atoms with Crippen molar-refractivity contribution in [2.45, 2.75) is 25.8 Å². The van der Waals surface area contributed by atoms with Crippen LogP contribution in [-0.2, 0) is 25.8 Å². The molecule has 1 N–H and O–H groups in total. The number of nitrogens with one attached hydrogen (secondary N) is 1. The highest BCUT2D eigenvalue weighted by Gasteiger charge is 2.30. The molecule has 3 rings (SSSR count). The molecule has 1 amide bonds. The molecular weight excluding hydrogens is 468 g/mol. The Hall–Kier alpha value is -2.82. The van der Waals surface area contributed by atoms with Gasteiger partial charge >= 0.3 is 6.18 Å². The van der Waals surface area contributed by atoms with E-state index in [2.05, 4.69) is 10.3 Å². The molecule has 182 valence electrons. The molecule has 1 aromatic heterocycles. The van der Waals surface area contributed by atoms with E-state index in [0.717, 1.165) is 17.7 Å². The molecule has 0 saturated heterocycles. The van der Waals surface area contributed by atoms with Crippen LogP contribution in [0.15, 0.2) is 53.9 Å². The molecule has 0 fully saturated rings. The van der Waals surface area contributed by atoms with Crippen LogP contribution in [-0.4, -0.2) is 47.9 Å². The van der Waals surface area contributed by atoms with Gasteiger partial charge < -0.3 is 10.2 Å². The number of carbonyl (C=O) groups excluding carboxylic acids is 1. The summed E-state index contributed by atoms with van der Waals surface area (Å²) in [5, 5.41) is 5.14. The number of nitrogens with zero attached hydrogens (tertiary/aromatic N) is 3. The van der Waals surface area contributed by atoms with E-state index in [1.54, 1.807) is 23.6 Å². The minimum absolute atomic E-state index is 0.227. The van der Waals surface area contributed by atoms with Crippen LogP contribution in [0.5, 0.6) is 0 Å². The predicted octanol–water partition coefficient (Wildman–Crippen LogP) is 4.79. The van der Waals surface area contributed by atoms with Gasteiger partial charge in [0.05, 0.1) is 12.1 Å². The summed E-state index contributed by atoms with van der Waals surface area (Å²) < 4.78 is 52.8. The molecule has 0 spiro atoms. The second kappa shape index (κ2) is 11.5. The van der Waals surface area contributed by atoms with Crippen LogP contribution in [0.25, 0.3) is 0 Å². The van der Waals surface area contributed by atoms with Crippen molar-refractivity contribution in [2.24, 2.45) is 0 Å². The highest BCUT2D eigenvalue weighted by molar-refractivity contribution is 7.09. The fourth-order valence-corrected chi connectivity index (χ4v) is 4.10. The summed E-state index contributed by atoms with van der Waals surface area (Å²) >= 11 is 1.31. The van der Waals surface area contributed by atoms with Crippen molar-refractivity contribution in [3.8, 4) is 0 Å². The average Bonchev–Trinajstić information content (AvgIpc) is 3.23. The van der Waals surface area contributed by atoms with Crippen molar-refractivity contribution in [3.05, 3.63) is 87.1 Å². The third-order valence-electron chi connectivity index (χ3n) is 4.97. The van der Waals surface area contributed by atoms with E-state index in [0.29, 0.717) is 42.4 Å². The highest BCUT2D eigenvalue weighted by atomic mass is 32.1. The van der Waals surface area contributed by atoms with Gasteiger partial charge in [0, 0.05) is 31.6 Å². The van der Waals surface area contributed by atoms with Gasteiger partial charge in [0.1, 0.15) is 16.5 Å². The van der Waals surface area contributed by atoms with Crippen molar-refractivity contribution in [2.75, 3.05) is 27.2 Å². The number of aromatic nitrogens is 1. The van der Waals surface area contributed by atoms with E-state index in [1.165, 1.54) is 29.5 Å². The van der Waals surface area contributed by atoms with Crippen molar-refractivity contribution in [3.63, 3.8) is 0 Å². The molecule has 3 aromatic rings. The summed E-state index contributed by atoms with van der Waals surface area (Å²) in [7, 11) is 3.82. The first-order chi connectivity index (χ1) is 16.1. The Morgan fingerprint density at radius 1 is 1.03 bits per heavy atom. The number of hydrogen-bond acceptors (Lipinski definition) is 5. The lowest BCUT2D eigenvalue weighted by Crippen LogP contribution is -2.31. The normalized spacial score (nSPS) is 11.9. The molecule has 0 atom stereocenters. The highest BCUT2D eigenvalue weighted by Crippen LogP contribution is 2.30. The number of alkyl halides is 3. The lowest BCUT2D eigenvalue weighted by molar-refractivity contribution is -0.137. The van der Waals surface area contributed by atoms with E-state index in [1.807, 2.05) is 23.9 Å². The summed E-state index contributed by atoms with van der Waals surface area (Å²) in [4.78, 5) is 20.6. The average molecular weight is 495 g/mol. The van der Waals surface area contributed by atoms with Gasteiger partial charge in [0.15, 0.2) is 0 Å². The fourth-order valence-electron chi connectivity index (χ4n) is 3.28. The summed E-state index contributed by atoms with van der Waals surface area (Å²) in [5.41, 5.74) is 0.902. The first kappa shape index (κ1) is 25.8. The van der Waals surface area contributed by atoms with Crippen molar-refractivity contribution in [1.29, 1.82) is 0 Å². The van der Waals surface area contributed by atoms with E-state index >= 15 is 0 Å². The fraction of sp³-hybridized carbons (Fsp3) is 0.333. The second-order valence-corrected chi connectivity index (χ2v) is 9.10. The standard InChI is InChI=1S/C24H26F4N4OS/c1-31(2)11-10-29-23(33)21-16-34-22(30-21)15-32(13-17-6-8-20(25)9-7-17)14-18-4-3-5-19(12-18)24(26,27)28/h3-9,12,16H,10-11,13-15H2,1-2H3,(H,29,33). The molecule has 10 heteroatoms. The van der Waals surface area contributed by atoms with E-state index in [-0.39, 0.29) is 18.3 Å². The molecule has 0 bridgehead atoms. The number of hydrogen-bond donors (Lipinski definition) is 1. The summed E-state index contributed by atoms with van der Waals surface area (Å²) in [6, 6.07) is 11.2. The van der Waals surface area contributed by atoms with Crippen molar-refractivity contribution in [1.82, 2.24) is 20.1 Å². The first-order valence-electron chi connectivity index (χ1n) is 10.6. The van der Waals surface area contributed by atoms with Crippen molar-refractivity contribution < 1.29 is 22.4 Å². The number of likely N-dealkylation sites (N-methyl/N-ethyl adjacent to an activating group) is 1. The first-order valence-corrected chi connectivity index (χ1v) is 11.5. The Labute approximate surface area is 200 Å². The van der Waals surface area contributed by atoms with Gasteiger partial charge in [0.25, 0.3) is 5.91 Å². The van der Waals surface area contributed by atoms with Crippen molar-refractivity contribution >= 4 is 17.2 Å². The molecule has 0 aliphatic heterocycles. The Balaban J connectivity index is 1.75. The van der Waals surface area contributed by atoms with Crippen LogP contribution in [0.4, 0.5) is 17.6 Å². The number of halogens is 4. The quantitative estimate of drug-likeness (QED) is 0.412. The smallest absolute Gasteiger partial charge is 0.349 e. The zero-order valence-electron chi connectivity index (χ0n) is 18.9. The van der Waals surface area contributed by atoms with E-state index < -0.39 is 11.7 Å². The number of benzene rings is 2. The van der Waals surface area contributed by atoms with Gasteiger partial charge in [-0.05, 0) is 43.4 Å². The van der Waals surface area contributed by atoms with Gasteiger partial charge in [-0.25, -0.2) is 9.37 Å². The maximum absolute atomic E-state index is 13.3. The minimum Gasteiger partial charge on any atom is -0.349 e. The number of carbonyl (C=O) groups is 1. The summed E-state index contributed by atoms with van der Waals surface area (Å²) in [5.74, 6) is -0.634. The number of thiazole rings is 1. The lowest BCUT2D eigenvalue weighted by atomic mass is 10.1. The molecule has 0 radical (unpaired) electrons. The Morgan fingerprint density at radius 3 is 2.41 bits per heavy atom.